The van der Waals surface area contributed by atoms with Crippen molar-refractivity contribution in [3.8, 4) is 0 Å². The van der Waals surface area contributed by atoms with Crippen LogP contribution in [0.5, 0.6) is 0 Å². The number of hydrogen-bond acceptors (Lipinski definition) is 1. The molecule has 0 saturated heterocycles. The predicted molar refractivity (Wildman–Crippen MR) is 80.4 cm³/mol. The van der Waals surface area contributed by atoms with E-state index < -0.39 is 0 Å². The number of hydrogen-bond donors (Lipinski definition) is 0. The van der Waals surface area contributed by atoms with Crippen molar-refractivity contribution in [1.82, 2.24) is 4.90 Å². The SMILES string of the molecule is CC1(C)CCCCC1C(=O)N(CCCCl)C1CCC1. The van der Waals surface area contributed by atoms with Gasteiger partial charge >= 0.3 is 0 Å². The van der Waals surface area contributed by atoms with Gasteiger partial charge in [-0.2, -0.15) is 0 Å². The van der Waals surface area contributed by atoms with Gasteiger partial charge < -0.3 is 4.90 Å². The van der Waals surface area contributed by atoms with Crippen LogP contribution >= 0.6 is 11.6 Å². The van der Waals surface area contributed by atoms with Gasteiger partial charge in [0.15, 0.2) is 0 Å². The van der Waals surface area contributed by atoms with Gasteiger partial charge in [0.05, 0.1) is 0 Å². The fraction of sp³-hybridized carbons (Fsp3) is 0.938. The summed E-state index contributed by atoms with van der Waals surface area (Å²) >= 11 is 5.82. The molecule has 2 rings (SSSR count). The van der Waals surface area contributed by atoms with Gasteiger partial charge in [-0.25, -0.2) is 0 Å². The molecule has 2 saturated carbocycles. The molecule has 0 aromatic rings. The molecule has 0 bridgehead atoms. The molecule has 3 heteroatoms. The third-order valence-electron chi connectivity index (χ3n) is 5.14. The Kier molecular flexibility index (Phi) is 5.16. The van der Waals surface area contributed by atoms with Crippen molar-refractivity contribution in [3.05, 3.63) is 0 Å². The summed E-state index contributed by atoms with van der Waals surface area (Å²) in [5, 5.41) is 0. The predicted octanol–water partition coefficient (Wildman–Crippen LogP) is 4.21. The monoisotopic (exact) mass is 285 g/mol. The van der Waals surface area contributed by atoms with Crippen molar-refractivity contribution in [1.29, 1.82) is 0 Å². The van der Waals surface area contributed by atoms with Crippen LogP contribution in [0.2, 0.25) is 0 Å². The maximum atomic E-state index is 12.9. The zero-order valence-electron chi connectivity index (χ0n) is 12.5. The average molecular weight is 286 g/mol. The summed E-state index contributed by atoms with van der Waals surface area (Å²) in [6, 6.07) is 0.508. The van der Waals surface area contributed by atoms with Crippen molar-refractivity contribution in [2.24, 2.45) is 11.3 Å². The summed E-state index contributed by atoms with van der Waals surface area (Å²) < 4.78 is 0. The topological polar surface area (TPSA) is 20.3 Å². The largest absolute Gasteiger partial charge is 0.339 e. The summed E-state index contributed by atoms with van der Waals surface area (Å²) in [5.41, 5.74) is 0.179. The van der Waals surface area contributed by atoms with Crippen LogP contribution in [0.15, 0.2) is 0 Å². The lowest BCUT2D eigenvalue weighted by Gasteiger charge is -2.44. The molecule has 110 valence electrons. The van der Waals surface area contributed by atoms with Crippen molar-refractivity contribution in [3.63, 3.8) is 0 Å². The Balaban J connectivity index is 2.04. The lowest BCUT2D eigenvalue weighted by molar-refractivity contribution is -0.145. The summed E-state index contributed by atoms with van der Waals surface area (Å²) in [5.74, 6) is 1.31. The lowest BCUT2D eigenvalue weighted by atomic mass is 9.68. The Morgan fingerprint density at radius 3 is 2.47 bits per heavy atom. The summed E-state index contributed by atoms with van der Waals surface area (Å²) in [6.45, 7) is 5.41. The minimum absolute atomic E-state index is 0.179. The molecule has 2 fully saturated rings. The summed E-state index contributed by atoms with van der Waals surface area (Å²) in [4.78, 5) is 15.1. The molecule has 2 nitrogen and oxygen atoms in total. The molecule has 0 N–H and O–H groups in total. The van der Waals surface area contributed by atoms with Crippen LogP contribution in [0.25, 0.3) is 0 Å². The zero-order valence-corrected chi connectivity index (χ0v) is 13.2. The van der Waals surface area contributed by atoms with Gasteiger partial charge in [-0.1, -0.05) is 26.7 Å². The molecule has 1 amide bonds. The van der Waals surface area contributed by atoms with Crippen LogP contribution in [0.1, 0.15) is 65.2 Å². The minimum Gasteiger partial charge on any atom is -0.339 e. The lowest BCUT2D eigenvalue weighted by Crippen LogP contribution is -2.50. The summed E-state index contributed by atoms with van der Waals surface area (Å²) in [6.07, 6.45) is 9.37. The minimum atomic E-state index is 0.179. The first-order valence-corrected chi connectivity index (χ1v) is 8.46. The van der Waals surface area contributed by atoms with Crippen molar-refractivity contribution < 1.29 is 4.79 Å². The smallest absolute Gasteiger partial charge is 0.226 e. The van der Waals surface area contributed by atoms with E-state index in [0.717, 1.165) is 19.4 Å². The number of nitrogens with zero attached hydrogens (tertiary/aromatic N) is 1. The highest BCUT2D eigenvalue weighted by Gasteiger charge is 2.41. The molecule has 0 aliphatic heterocycles. The van der Waals surface area contributed by atoms with Crippen LogP contribution in [0.4, 0.5) is 0 Å². The third kappa shape index (κ3) is 3.45. The van der Waals surface area contributed by atoms with E-state index in [9.17, 15) is 4.79 Å². The number of alkyl halides is 1. The Hall–Kier alpha value is -0.240. The molecule has 0 heterocycles. The molecule has 0 aromatic heterocycles. The fourth-order valence-electron chi connectivity index (χ4n) is 3.55. The van der Waals surface area contributed by atoms with Gasteiger partial charge in [0.25, 0.3) is 0 Å². The molecule has 2 aliphatic carbocycles. The molecule has 19 heavy (non-hydrogen) atoms. The second-order valence-electron chi connectivity index (χ2n) is 6.95. The summed E-state index contributed by atoms with van der Waals surface area (Å²) in [7, 11) is 0. The molecule has 0 spiro atoms. The van der Waals surface area contributed by atoms with E-state index >= 15 is 0 Å². The van der Waals surface area contributed by atoms with Gasteiger partial charge in [0.1, 0.15) is 0 Å². The van der Waals surface area contributed by atoms with Crippen molar-refractivity contribution in [2.75, 3.05) is 12.4 Å². The van der Waals surface area contributed by atoms with Crippen molar-refractivity contribution >= 4 is 17.5 Å². The quantitative estimate of drug-likeness (QED) is 0.693. The number of carbonyl (C=O) groups excluding carboxylic acids is 1. The van der Waals surface area contributed by atoms with E-state index in [2.05, 4.69) is 18.7 Å². The number of halogens is 1. The Labute approximate surface area is 122 Å². The van der Waals surface area contributed by atoms with Gasteiger partial charge in [-0.15, -0.1) is 11.6 Å². The second kappa shape index (κ2) is 6.47. The molecule has 0 aromatic carbocycles. The van der Waals surface area contributed by atoms with E-state index in [4.69, 9.17) is 11.6 Å². The highest BCUT2D eigenvalue weighted by atomic mass is 35.5. The van der Waals surface area contributed by atoms with Gasteiger partial charge in [-0.05, 0) is 43.9 Å². The van der Waals surface area contributed by atoms with E-state index in [1.165, 1.54) is 38.5 Å². The average Bonchev–Trinajstić information content (AvgIpc) is 2.30. The molecule has 2 aliphatic rings. The standard InChI is InChI=1S/C16H28ClNO/c1-16(2)10-4-3-9-14(16)15(19)18(12-6-11-17)13-7-5-8-13/h13-14H,3-12H2,1-2H3. The maximum absolute atomic E-state index is 12.9. The molecule has 1 atom stereocenters. The Bertz CT molecular complexity index is 312. The Morgan fingerprint density at radius 1 is 1.21 bits per heavy atom. The van der Waals surface area contributed by atoms with E-state index in [1.54, 1.807) is 0 Å². The fourth-order valence-corrected chi connectivity index (χ4v) is 3.67. The van der Waals surface area contributed by atoms with Gasteiger partial charge in [-0.3, -0.25) is 4.79 Å². The maximum Gasteiger partial charge on any atom is 0.226 e. The first kappa shape index (κ1) is 15.2. The molecular weight excluding hydrogens is 258 g/mol. The normalized spacial score (nSPS) is 26.8. The van der Waals surface area contributed by atoms with E-state index in [1.807, 2.05) is 0 Å². The third-order valence-corrected chi connectivity index (χ3v) is 5.40. The van der Waals surface area contributed by atoms with Gasteiger partial charge in [0, 0.05) is 24.4 Å². The van der Waals surface area contributed by atoms with Crippen LogP contribution < -0.4 is 0 Å². The van der Waals surface area contributed by atoms with Gasteiger partial charge in [0.2, 0.25) is 5.91 Å². The van der Waals surface area contributed by atoms with Crippen LogP contribution in [0, 0.1) is 11.3 Å². The Morgan fingerprint density at radius 2 is 1.95 bits per heavy atom. The number of amides is 1. The first-order valence-electron chi connectivity index (χ1n) is 7.93. The zero-order chi connectivity index (χ0) is 13.9. The van der Waals surface area contributed by atoms with Crippen LogP contribution in [-0.4, -0.2) is 29.3 Å². The number of rotatable bonds is 5. The first-order chi connectivity index (χ1) is 9.06. The molecule has 1 unspecified atom stereocenters. The van der Waals surface area contributed by atoms with E-state index in [-0.39, 0.29) is 11.3 Å². The number of carbonyl (C=O) groups is 1. The second-order valence-corrected chi connectivity index (χ2v) is 7.32. The van der Waals surface area contributed by atoms with Crippen molar-refractivity contribution in [2.45, 2.75) is 71.3 Å². The van der Waals surface area contributed by atoms with E-state index in [0.29, 0.717) is 17.8 Å². The highest BCUT2D eigenvalue weighted by molar-refractivity contribution is 6.17. The molecule has 0 radical (unpaired) electrons. The van der Waals surface area contributed by atoms with Crippen LogP contribution in [-0.2, 0) is 4.79 Å². The molecular formula is C16H28ClNO. The highest BCUT2D eigenvalue weighted by Crippen LogP contribution is 2.42. The van der Waals surface area contributed by atoms with Crippen LogP contribution in [0.3, 0.4) is 0 Å².